The molecule has 0 aromatic carbocycles. The van der Waals surface area contributed by atoms with E-state index in [0.717, 1.165) is 90.8 Å². The Morgan fingerprint density at radius 1 is 0.571 bits per heavy atom. The van der Waals surface area contributed by atoms with Crippen LogP contribution in [0.4, 0.5) is 0 Å². The van der Waals surface area contributed by atoms with Crippen molar-refractivity contribution in [3.63, 3.8) is 0 Å². The van der Waals surface area contributed by atoms with Crippen LogP contribution in [0.15, 0.2) is 23.3 Å². The highest BCUT2D eigenvalue weighted by Gasteiger charge is 2.65. The van der Waals surface area contributed by atoms with E-state index in [1.807, 2.05) is 0 Å². The monoisotopic (exact) mass is 771 g/mol. The first-order valence-electron chi connectivity index (χ1n) is 25.3. The van der Waals surface area contributed by atoms with Crippen molar-refractivity contribution in [1.29, 1.82) is 0 Å². The summed E-state index contributed by atoms with van der Waals surface area (Å²) in [5.41, 5.74) is 4.51. The second-order valence-electron chi connectivity index (χ2n) is 24.8. The molecule has 2 nitrogen and oxygen atoms in total. The molecule has 0 aromatic heterocycles. The third kappa shape index (κ3) is 6.84. The van der Waals surface area contributed by atoms with Crippen LogP contribution >= 0.6 is 0 Å². The van der Waals surface area contributed by atoms with E-state index in [1.165, 1.54) is 103 Å². The van der Waals surface area contributed by atoms with Crippen LogP contribution in [0.25, 0.3) is 0 Å². The molecule has 8 aliphatic rings. The van der Waals surface area contributed by atoms with Gasteiger partial charge in [0.1, 0.15) is 0 Å². The molecule has 0 bridgehead atoms. The number of rotatable bonds is 11. The average molecular weight is 771 g/mol. The van der Waals surface area contributed by atoms with E-state index < -0.39 is 0 Å². The zero-order valence-corrected chi connectivity index (χ0v) is 38.4. The SMILES string of the molecule is CC(C)CCC[C@@H](C)[C@H]1CC[C@H]2[C@@H]3CC=C4C[C@@H](O)C(C5C[C@H](O)CC6=CC[C@H]7[C@@H]8CC[C@H]([C@H](C)CCCC(C)C)[C@@]8(C)CC[C@@H]7[C@]65C)C[C@]4(C)[C@H]3CC[C@]12C. The minimum absolute atomic E-state index is 0.108. The third-order valence-electron chi connectivity index (χ3n) is 21.4. The predicted molar refractivity (Wildman–Crippen MR) is 236 cm³/mol. The number of hydrogen-bond donors (Lipinski definition) is 2. The highest BCUT2D eigenvalue weighted by Crippen LogP contribution is 2.72. The van der Waals surface area contributed by atoms with Crippen LogP contribution in [0.3, 0.4) is 0 Å². The lowest BCUT2D eigenvalue weighted by molar-refractivity contribution is -0.127. The quantitative estimate of drug-likeness (QED) is 0.205. The lowest BCUT2D eigenvalue weighted by Crippen LogP contribution is -2.58. The van der Waals surface area contributed by atoms with Gasteiger partial charge in [0.2, 0.25) is 0 Å². The largest absolute Gasteiger partial charge is 0.393 e. The molecule has 0 aliphatic heterocycles. The van der Waals surface area contributed by atoms with Gasteiger partial charge in [0.25, 0.3) is 0 Å². The predicted octanol–water partition coefficient (Wildman–Crippen LogP) is 14.2. The Morgan fingerprint density at radius 3 is 1.64 bits per heavy atom. The molecule has 8 rings (SSSR count). The van der Waals surface area contributed by atoms with Crippen molar-refractivity contribution in [1.82, 2.24) is 0 Å². The fraction of sp³-hybridized carbons (Fsp3) is 0.926. The molecule has 2 N–H and O–H groups in total. The summed E-state index contributed by atoms with van der Waals surface area (Å²) >= 11 is 0. The van der Waals surface area contributed by atoms with Gasteiger partial charge in [0.05, 0.1) is 12.2 Å². The van der Waals surface area contributed by atoms with Crippen molar-refractivity contribution in [2.75, 3.05) is 0 Å². The number of aliphatic hydroxyl groups excluding tert-OH is 2. The second kappa shape index (κ2) is 15.7. The average Bonchev–Trinajstić information content (AvgIpc) is 3.68. The van der Waals surface area contributed by atoms with Gasteiger partial charge < -0.3 is 10.2 Å². The maximum Gasteiger partial charge on any atom is 0.0608 e. The molecule has 0 aromatic rings. The topological polar surface area (TPSA) is 40.5 Å². The molecular weight excluding hydrogens is 681 g/mol. The summed E-state index contributed by atoms with van der Waals surface area (Å²) in [5.74, 6) is 10.5. The molecule has 2 heteroatoms. The smallest absolute Gasteiger partial charge is 0.0608 e. The van der Waals surface area contributed by atoms with Crippen molar-refractivity contribution in [3.8, 4) is 0 Å². The van der Waals surface area contributed by atoms with Crippen molar-refractivity contribution in [2.45, 2.75) is 210 Å². The molecule has 0 heterocycles. The number of hydrogen-bond acceptors (Lipinski definition) is 2. The van der Waals surface area contributed by atoms with E-state index in [-0.39, 0.29) is 29.0 Å². The highest BCUT2D eigenvalue weighted by atomic mass is 16.3. The van der Waals surface area contributed by atoms with Gasteiger partial charge in [-0.2, -0.15) is 0 Å². The van der Waals surface area contributed by atoms with Gasteiger partial charge in [-0.05, 0) is 194 Å². The van der Waals surface area contributed by atoms with Gasteiger partial charge in [0, 0.05) is 0 Å². The molecule has 18 atom stereocenters. The molecule has 318 valence electrons. The summed E-state index contributed by atoms with van der Waals surface area (Å²) in [7, 11) is 0. The second-order valence-corrected chi connectivity index (χ2v) is 24.8. The van der Waals surface area contributed by atoms with Gasteiger partial charge in [-0.3, -0.25) is 0 Å². The minimum atomic E-state index is -0.271. The molecule has 6 saturated carbocycles. The van der Waals surface area contributed by atoms with E-state index in [1.54, 1.807) is 11.1 Å². The molecule has 56 heavy (non-hydrogen) atoms. The van der Waals surface area contributed by atoms with E-state index >= 15 is 0 Å². The Balaban J connectivity index is 1.02. The normalized spacial score (nSPS) is 49.5. The summed E-state index contributed by atoms with van der Waals surface area (Å²) in [6.45, 7) is 25.6. The van der Waals surface area contributed by atoms with Crippen LogP contribution in [-0.4, -0.2) is 22.4 Å². The fourth-order valence-corrected chi connectivity index (χ4v) is 18.6. The van der Waals surface area contributed by atoms with Crippen molar-refractivity contribution >= 4 is 0 Å². The first kappa shape index (κ1) is 42.1. The summed E-state index contributed by atoms with van der Waals surface area (Å²) < 4.78 is 0. The maximum atomic E-state index is 12.4. The van der Waals surface area contributed by atoms with Crippen molar-refractivity contribution < 1.29 is 10.2 Å². The van der Waals surface area contributed by atoms with Crippen LogP contribution in [0.1, 0.15) is 198 Å². The molecule has 0 saturated heterocycles. The van der Waals surface area contributed by atoms with Gasteiger partial charge in [-0.1, -0.05) is 131 Å². The summed E-state index contributed by atoms with van der Waals surface area (Å²) in [6.07, 6.45) is 30.9. The Bertz CT molecular complexity index is 1460. The molecular formula is C54H90O2. The Hall–Kier alpha value is -0.600. The summed E-state index contributed by atoms with van der Waals surface area (Å²) in [4.78, 5) is 0. The van der Waals surface area contributed by atoms with Crippen LogP contribution in [0.5, 0.6) is 0 Å². The van der Waals surface area contributed by atoms with E-state index in [0.29, 0.717) is 22.7 Å². The fourth-order valence-electron chi connectivity index (χ4n) is 18.6. The molecule has 6 fully saturated rings. The van der Waals surface area contributed by atoms with Crippen molar-refractivity contribution in [2.24, 2.45) is 105 Å². The van der Waals surface area contributed by atoms with Gasteiger partial charge >= 0.3 is 0 Å². The zero-order valence-electron chi connectivity index (χ0n) is 38.4. The number of fused-ring (bicyclic) bond motifs is 10. The van der Waals surface area contributed by atoms with E-state index in [4.69, 9.17) is 0 Å². The van der Waals surface area contributed by atoms with Crippen LogP contribution in [0, 0.1) is 105 Å². The minimum Gasteiger partial charge on any atom is -0.393 e. The molecule has 0 radical (unpaired) electrons. The third-order valence-corrected chi connectivity index (χ3v) is 21.4. The first-order valence-corrected chi connectivity index (χ1v) is 25.3. The summed E-state index contributed by atoms with van der Waals surface area (Å²) in [6, 6.07) is 0. The first-order chi connectivity index (χ1) is 26.5. The van der Waals surface area contributed by atoms with Crippen LogP contribution < -0.4 is 0 Å². The van der Waals surface area contributed by atoms with E-state index in [9.17, 15) is 10.2 Å². The lowest BCUT2D eigenvalue weighted by Gasteiger charge is -2.64. The highest BCUT2D eigenvalue weighted by molar-refractivity contribution is 5.31. The Kier molecular flexibility index (Phi) is 11.8. The van der Waals surface area contributed by atoms with Gasteiger partial charge in [-0.25, -0.2) is 0 Å². The number of aliphatic hydroxyl groups is 2. The van der Waals surface area contributed by atoms with Crippen LogP contribution in [-0.2, 0) is 0 Å². The number of allylic oxidation sites excluding steroid dienone is 2. The Morgan fingerprint density at radius 2 is 1.09 bits per heavy atom. The van der Waals surface area contributed by atoms with E-state index in [2.05, 4.69) is 81.4 Å². The van der Waals surface area contributed by atoms with Gasteiger partial charge in [-0.15, -0.1) is 0 Å². The molecule has 2 unspecified atom stereocenters. The van der Waals surface area contributed by atoms with Crippen molar-refractivity contribution in [3.05, 3.63) is 23.3 Å². The maximum absolute atomic E-state index is 12.4. The molecule has 8 aliphatic carbocycles. The molecule has 0 amide bonds. The van der Waals surface area contributed by atoms with Gasteiger partial charge in [0.15, 0.2) is 0 Å². The standard InChI is InChI=1S/C54H90O2/c1-33(2)13-11-15-35(5)43-21-23-45-40-19-17-37-30-50(56)42(32-53(37,9)47(40)25-27-51(43,45)7)49-31-39(55)29-38-18-20-41-46-24-22-44(36(6)16-12-14-34(3)4)52(46,8)28-26-48(41)54(38,49)10/h17-18,33-36,39-50,55-56H,11-16,19-32H2,1-10H3/t35-,36-,39-,40+,41+,42?,43-,44-,45+,46+,47+,48+,49?,50-,51-,52-,53+,54+/m1/s1. The van der Waals surface area contributed by atoms with Crippen LogP contribution in [0.2, 0.25) is 0 Å². The Labute approximate surface area is 346 Å². The molecule has 0 spiro atoms. The summed E-state index contributed by atoms with van der Waals surface area (Å²) in [5, 5.41) is 24.1. The zero-order chi connectivity index (χ0) is 39.9. The lowest BCUT2D eigenvalue weighted by atomic mass is 9.41.